The monoisotopic (exact) mass is 266 g/mol. The summed E-state index contributed by atoms with van der Waals surface area (Å²) in [5, 5.41) is 0. The van der Waals surface area contributed by atoms with Crippen molar-refractivity contribution in [3.63, 3.8) is 0 Å². The molecule has 0 saturated heterocycles. The molecule has 2 rings (SSSR count). The lowest BCUT2D eigenvalue weighted by Crippen LogP contribution is -2.58. The minimum absolute atomic E-state index is 0.185. The van der Waals surface area contributed by atoms with Crippen LogP contribution < -0.4 is 5.73 Å². The molecule has 0 radical (unpaired) electrons. The van der Waals surface area contributed by atoms with Gasteiger partial charge in [0.2, 0.25) is 0 Å². The topological polar surface area (TPSA) is 44.9 Å². The van der Waals surface area contributed by atoms with Crippen LogP contribution in [0.15, 0.2) is 4.99 Å². The number of guanidine groups is 1. The van der Waals surface area contributed by atoms with E-state index in [0.717, 1.165) is 38.7 Å². The van der Waals surface area contributed by atoms with E-state index in [2.05, 4.69) is 42.5 Å². The highest BCUT2D eigenvalue weighted by atomic mass is 15.4. The molecule has 2 N–H and O–H groups in total. The molecule has 0 aromatic rings. The SMILES string of the molecule is CCN(CC)CCN1C(N)=NCC12CCCC2(C)C. The number of nitrogens with zero attached hydrogens (tertiary/aromatic N) is 3. The molecule has 1 unspecified atom stereocenters. The third-order valence-corrected chi connectivity index (χ3v) is 5.48. The van der Waals surface area contributed by atoms with Gasteiger partial charge >= 0.3 is 0 Å². The highest BCUT2D eigenvalue weighted by molar-refractivity contribution is 5.81. The Morgan fingerprint density at radius 1 is 1.26 bits per heavy atom. The molecule has 0 aromatic carbocycles. The maximum Gasteiger partial charge on any atom is 0.191 e. The molecule has 4 nitrogen and oxygen atoms in total. The summed E-state index contributed by atoms with van der Waals surface area (Å²) >= 11 is 0. The van der Waals surface area contributed by atoms with Gasteiger partial charge < -0.3 is 15.5 Å². The molecule has 110 valence electrons. The molecule has 4 heteroatoms. The zero-order valence-electron chi connectivity index (χ0n) is 13.1. The van der Waals surface area contributed by atoms with Crippen LogP contribution in [0.25, 0.3) is 0 Å². The third-order valence-electron chi connectivity index (χ3n) is 5.48. The summed E-state index contributed by atoms with van der Waals surface area (Å²) in [5.74, 6) is 0.766. The largest absolute Gasteiger partial charge is 0.370 e. The first kappa shape index (κ1) is 14.6. The van der Waals surface area contributed by atoms with E-state index in [1.165, 1.54) is 19.3 Å². The van der Waals surface area contributed by atoms with Gasteiger partial charge in [0, 0.05) is 13.1 Å². The molecule has 1 fully saturated rings. The average Bonchev–Trinajstić information content (AvgIpc) is 2.85. The zero-order valence-corrected chi connectivity index (χ0v) is 13.1. The summed E-state index contributed by atoms with van der Waals surface area (Å²) in [6.07, 6.45) is 3.83. The molecule has 1 heterocycles. The smallest absolute Gasteiger partial charge is 0.191 e. The lowest BCUT2D eigenvalue weighted by atomic mass is 9.74. The van der Waals surface area contributed by atoms with Crippen LogP contribution in [-0.4, -0.2) is 54.0 Å². The lowest BCUT2D eigenvalue weighted by molar-refractivity contribution is 0.0757. The molecule has 19 heavy (non-hydrogen) atoms. The van der Waals surface area contributed by atoms with Crippen molar-refractivity contribution in [2.45, 2.75) is 52.5 Å². The molecule has 0 bridgehead atoms. The standard InChI is InChI=1S/C15H30N4/c1-5-18(6-2)10-11-19-13(16)17-12-15(19)9-7-8-14(15,3)4/h5-12H2,1-4H3,(H2,16,17). The first-order valence-electron chi connectivity index (χ1n) is 7.77. The van der Waals surface area contributed by atoms with Gasteiger partial charge in [0.25, 0.3) is 0 Å². The second-order valence-electron chi connectivity index (χ2n) is 6.62. The van der Waals surface area contributed by atoms with Gasteiger partial charge in [-0.25, -0.2) is 0 Å². The van der Waals surface area contributed by atoms with Crippen LogP contribution >= 0.6 is 0 Å². The maximum atomic E-state index is 6.18. The van der Waals surface area contributed by atoms with Gasteiger partial charge in [0.1, 0.15) is 0 Å². The Hall–Kier alpha value is -0.770. The van der Waals surface area contributed by atoms with Gasteiger partial charge in [0.05, 0.1) is 12.1 Å². The fraction of sp³-hybridized carbons (Fsp3) is 0.933. The number of likely N-dealkylation sites (N-methyl/N-ethyl adjacent to an activating group) is 1. The van der Waals surface area contributed by atoms with Gasteiger partial charge in [-0.15, -0.1) is 0 Å². The predicted molar refractivity (Wildman–Crippen MR) is 81.3 cm³/mol. The van der Waals surface area contributed by atoms with Crippen molar-refractivity contribution in [2.75, 3.05) is 32.7 Å². The van der Waals surface area contributed by atoms with Crippen LogP contribution in [0, 0.1) is 5.41 Å². The Morgan fingerprint density at radius 3 is 2.47 bits per heavy atom. The molecular weight excluding hydrogens is 236 g/mol. The quantitative estimate of drug-likeness (QED) is 0.827. The summed E-state index contributed by atoms with van der Waals surface area (Å²) < 4.78 is 0. The number of nitrogens with two attached hydrogens (primary N) is 1. The van der Waals surface area contributed by atoms with Crippen LogP contribution in [0.2, 0.25) is 0 Å². The summed E-state index contributed by atoms with van der Waals surface area (Å²) in [5.41, 5.74) is 6.69. The predicted octanol–water partition coefficient (Wildman–Crippen LogP) is 1.91. The molecule has 1 saturated carbocycles. The molecule has 1 aliphatic carbocycles. The van der Waals surface area contributed by atoms with Crippen LogP contribution in [-0.2, 0) is 0 Å². The molecule has 2 aliphatic rings. The van der Waals surface area contributed by atoms with Gasteiger partial charge in [0.15, 0.2) is 5.96 Å². The van der Waals surface area contributed by atoms with Crippen molar-refractivity contribution < 1.29 is 0 Å². The van der Waals surface area contributed by atoms with Gasteiger partial charge in [-0.2, -0.15) is 0 Å². The summed E-state index contributed by atoms with van der Waals surface area (Å²) in [6, 6.07) is 0. The van der Waals surface area contributed by atoms with Crippen LogP contribution in [0.1, 0.15) is 47.0 Å². The number of hydrogen-bond donors (Lipinski definition) is 1. The maximum absolute atomic E-state index is 6.18. The second-order valence-corrected chi connectivity index (χ2v) is 6.62. The van der Waals surface area contributed by atoms with Crippen LogP contribution in [0.3, 0.4) is 0 Å². The highest BCUT2D eigenvalue weighted by Crippen LogP contribution is 2.51. The first-order chi connectivity index (χ1) is 8.97. The van der Waals surface area contributed by atoms with E-state index in [4.69, 9.17) is 5.73 Å². The average molecular weight is 266 g/mol. The third kappa shape index (κ3) is 2.35. The fourth-order valence-electron chi connectivity index (χ4n) is 3.90. The molecule has 1 spiro atoms. The normalized spacial score (nSPS) is 29.5. The Bertz CT molecular complexity index is 346. The fourth-order valence-corrected chi connectivity index (χ4v) is 3.90. The van der Waals surface area contributed by atoms with Gasteiger partial charge in [-0.3, -0.25) is 4.99 Å². The van der Waals surface area contributed by atoms with Crippen molar-refractivity contribution in [1.29, 1.82) is 0 Å². The summed E-state index contributed by atoms with van der Waals surface area (Å²) in [6.45, 7) is 14.4. The molecule has 1 aliphatic heterocycles. The van der Waals surface area contributed by atoms with Crippen LogP contribution in [0.5, 0.6) is 0 Å². The lowest BCUT2D eigenvalue weighted by Gasteiger charge is -2.46. The van der Waals surface area contributed by atoms with Crippen molar-refractivity contribution >= 4 is 5.96 Å². The Kier molecular flexibility index (Phi) is 4.09. The van der Waals surface area contributed by atoms with E-state index < -0.39 is 0 Å². The molecular formula is C15H30N4. The van der Waals surface area contributed by atoms with Gasteiger partial charge in [-0.05, 0) is 31.3 Å². The Morgan fingerprint density at radius 2 is 1.95 bits per heavy atom. The Balaban J connectivity index is 2.10. The molecule has 0 amide bonds. The van der Waals surface area contributed by atoms with E-state index in [0.29, 0.717) is 5.41 Å². The summed E-state index contributed by atoms with van der Waals surface area (Å²) in [7, 11) is 0. The minimum Gasteiger partial charge on any atom is -0.370 e. The number of hydrogen-bond acceptors (Lipinski definition) is 4. The number of aliphatic imine (C=N–C) groups is 1. The van der Waals surface area contributed by atoms with Crippen molar-refractivity contribution in [1.82, 2.24) is 9.80 Å². The second kappa shape index (κ2) is 5.31. The molecule has 1 atom stereocenters. The van der Waals surface area contributed by atoms with Crippen molar-refractivity contribution in [3.05, 3.63) is 0 Å². The van der Waals surface area contributed by atoms with E-state index in [-0.39, 0.29) is 5.54 Å². The number of rotatable bonds is 5. The van der Waals surface area contributed by atoms with E-state index in [1.54, 1.807) is 0 Å². The summed E-state index contributed by atoms with van der Waals surface area (Å²) in [4.78, 5) is 9.45. The Labute approximate surface area is 118 Å². The van der Waals surface area contributed by atoms with Crippen LogP contribution in [0.4, 0.5) is 0 Å². The first-order valence-corrected chi connectivity index (χ1v) is 7.77. The van der Waals surface area contributed by atoms with E-state index in [1.807, 2.05) is 0 Å². The minimum atomic E-state index is 0.185. The van der Waals surface area contributed by atoms with E-state index in [9.17, 15) is 0 Å². The van der Waals surface area contributed by atoms with Crippen molar-refractivity contribution in [3.8, 4) is 0 Å². The van der Waals surface area contributed by atoms with Crippen molar-refractivity contribution in [2.24, 2.45) is 16.1 Å². The van der Waals surface area contributed by atoms with Gasteiger partial charge in [-0.1, -0.05) is 34.1 Å². The van der Waals surface area contributed by atoms with E-state index >= 15 is 0 Å². The molecule has 0 aromatic heterocycles. The highest BCUT2D eigenvalue weighted by Gasteiger charge is 2.55. The zero-order chi connectivity index (χ0) is 14.1.